The maximum atomic E-state index is 12.8. The van der Waals surface area contributed by atoms with Crippen molar-refractivity contribution >= 4 is 41.8 Å². The van der Waals surface area contributed by atoms with Crippen LogP contribution in [0, 0.1) is 0 Å². The van der Waals surface area contributed by atoms with Gasteiger partial charge in [-0.3, -0.25) is 4.79 Å². The topological polar surface area (TPSA) is 94.2 Å². The molecule has 0 saturated carbocycles. The fourth-order valence-corrected chi connectivity index (χ4v) is 2.79. The summed E-state index contributed by atoms with van der Waals surface area (Å²) in [5.41, 5.74) is 1.82. The lowest BCUT2D eigenvalue weighted by molar-refractivity contribution is 0.0955. The van der Waals surface area contributed by atoms with Gasteiger partial charge in [0.15, 0.2) is 11.4 Å². The van der Waals surface area contributed by atoms with Gasteiger partial charge >= 0.3 is 0 Å². The van der Waals surface area contributed by atoms with Crippen molar-refractivity contribution in [1.29, 1.82) is 0 Å². The molecule has 2 N–H and O–H groups in total. The SMILES string of the molecule is COCCNCCNC(=O)c1cc(-c2ccco2)nc2c1cnn2C(C)C.Cl.Cl. The monoisotopic (exact) mass is 443 g/mol. The van der Waals surface area contributed by atoms with Crippen LogP contribution in [0.25, 0.3) is 22.5 Å². The predicted molar refractivity (Wildman–Crippen MR) is 117 cm³/mol. The molecular formula is C19H27Cl2N5O3. The van der Waals surface area contributed by atoms with Crippen LogP contribution in [-0.4, -0.2) is 54.0 Å². The minimum atomic E-state index is -0.160. The number of amides is 1. The minimum Gasteiger partial charge on any atom is -0.463 e. The van der Waals surface area contributed by atoms with Crippen LogP contribution < -0.4 is 10.6 Å². The highest BCUT2D eigenvalue weighted by atomic mass is 35.5. The molecule has 8 nitrogen and oxygen atoms in total. The van der Waals surface area contributed by atoms with Crippen molar-refractivity contribution in [2.75, 3.05) is 33.4 Å². The number of furan rings is 1. The maximum absolute atomic E-state index is 12.8. The second-order valence-corrected chi connectivity index (χ2v) is 6.45. The summed E-state index contributed by atoms with van der Waals surface area (Å²) in [4.78, 5) is 17.5. The molecular weight excluding hydrogens is 417 g/mol. The zero-order chi connectivity index (χ0) is 19.2. The van der Waals surface area contributed by atoms with Gasteiger partial charge in [-0.1, -0.05) is 0 Å². The predicted octanol–water partition coefficient (Wildman–Crippen LogP) is 3.08. The third kappa shape index (κ3) is 5.93. The molecule has 0 fully saturated rings. The second kappa shape index (κ2) is 11.8. The van der Waals surface area contributed by atoms with E-state index >= 15 is 0 Å². The first-order valence-electron chi connectivity index (χ1n) is 9.01. The van der Waals surface area contributed by atoms with E-state index in [2.05, 4.69) is 20.7 Å². The number of hydrogen-bond acceptors (Lipinski definition) is 6. The van der Waals surface area contributed by atoms with Crippen LogP contribution >= 0.6 is 24.8 Å². The Balaban J connectivity index is 0.00000210. The van der Waals surface area contributed by atoms with E-state index in [1.165, 1.54) is 0 Å². The molecule has 0 aliphatic carbocycles. The summed E-state index contributed by atoms with van der Waals surface area (Å²) in [6.07, 6.45) is 3.28. The van der Waals surface area contributed by atoms with E-state index in [9.17, 15) is 4.79 Å². The largest absolute Gasteiger partial charge is 0.463 e. The van der Waals surface area contributed by atoms with E-state index in [-0.39, 0.29) is 36.8 Å². The van der Waals surface area contributed by atoms with Crippen LogP contribution in [0.15, 0.2) is 35.1 Å². The Morgan fingerprint density at radius 3 is 2.72 bits per heavy atom. The molecule has 0 aliphatic heterocycles. The van der Waals surface area contributed by atoms with E-state index in [1.54, 1.807) is 31.7 Å². The van der Waals surface area contributed by atoms with Crippen molar-refractivity contribution in [3.05, 3.63) is 36.2 Å². The zero-order valence-corrected chi connectivity index (χ0v) is 18.3. The normalized spacial score (nSPS) is 10.6. The van der Waals surface area contributed by atoms with Crippen LogP contribution in [0.4, 0.5) is 0 Å². The minimum absolute atomic E-state index is 0. The molecule has 0 spiro atoms. The Labute approximate surface area is 182 Å². The lowest BCUT2D eigenvalue weighted by atomic mass is 10.1. The van der Waals surface area contributed by atoms with E-state index in [0.29, 0.717) is 42.4 Å². The first kappa shape index (κ1) is 24.9. The first-order chi connectivity index (χ1) is 13.1. The van der Waals surface area contributed by atoms with Gasteiger partial charge < -0.3 is 19.8 Å². The van der Waals surface area contributed by atoms with Gasteiger partial charge in [0, 0.05) is 32.8 Å². The molecule has 160 valence electrons. The zero-order valence-electron chi connectivity index (χ0n) is 16.7. The summed E-state index contributed by atoms with van der Waals surface area (Å²) < 4.78 is 12.3. The van der Waals surface area contributed by atoms with Crippen molar-refractivity contribution in [2.45, 2.75) is 19.9 Å². The Morgan fingerprint density at radius 1 is 1.28 bits per heavy atom. The molecule has 0 saturated heterocycles. The summed E-state index contributed by atoms with van der Waals surface area (Å²) in [7, 11) is 1.66. The third-order valence-corrected chi connectivity index (χ3v) is 4.14. The number of halogens is 2. The molecule has 3 aromatic rings. The number of carbonyl (C=O) groups is 1. The molecule has 1 amide bonds. The van der Waals surface area contributed by atoms with Crippen molar-refractivity contribution in [1.82, 2.24) is 25.4 Å². The molecule has 3 aromatic heterocycles. The molecule has 0 bridgehead atoms. The van der Waals surface area contributed by atoms with Crippen LogP contribution in [0.2, 0.25) is 0 Å². The average molecular weight is 444 g/mol. The van der Waals surface area contributed by atoms with Gasteiger partial charge in [-0.05, 0) is 32.0 Å². The number of aromatic nitrogens is 3. The summed E-state index contributed by atoms with van der Waals surface area (Å²) in [6.45, 7) is 6.62. The quantitative estimate of drug-likeness (QED) is 0.493. The molecule has 0 aromatic carbocycles. The molecule has 3 rings (SSSR count). The lowest BCUT2D eigenvalue weighted by Gasteiger charge is -2.10. The molecule has 29 heavy (non-hydrogen) atoms. The molecule has 0 aliphatic rings. The van der Waals surface area contributed by atoms with Crippen LogP contribution in [0.3, 0.4) is 0 Å². The van der Waals surface area contributed by atoms with Crippen molar-refractivity contribution < 1.29 is 13.9 Å². The Morgan fingerprint density at radius 2 is 2.07 bits per heavy atom. The van der Waals surface area contributed by atoms with E-state index in [4.69, 9.17) is 9.15 Å². The number of pyridine rings is 1. The van der Waals surface area contributed by atoms with Gasteiger partial charge in [-0.2, -0.15) is 5.10 Å². The Hall–Kier alpha value is -2.13. The van der Waals surface area contributed by atoms with E-state index in [0.717, 1.165) is 11.9 Å². The van der Waals surface area contributed by atoms with Gasteiger partial charge in [-0.25, -0.2) is 9.67 Å². The number of fused-ring (bicyclic) bond motifs is 1. The highest BCUT2D eigenvalue weighted by Crippen LogP contribution is 2.26. The number of rotatable bonds is 9. The van der Waals surface area contributed by atoms with Crippen molar-refractivity contribution in [3.63, 3.8) is 0 Å². The number of nitrogens with one attached hydrogen (secondary N) is 2. The highest BCUT2D eigenvalue weighted by molar-refractivity contribution is 6.06. The standard InChI is InChI=1S/C19H25N5O3.2ClH/c1-13(2)24-18-15(12-22-24)14(11-16(23-18)17-5-4-9-27-17)19(25)21-7-6-20-8-10-26-3;;/h4-5,9,11-13,20H,6-8,10H2,1-3H3,(H,21,25);2*1H. The van der Waals surface area contributed by atoms with Crippen molar-refractivity contribution in [3.8, 4) is 11.5 Å². The highest BCUT2D eigenvalue weighted by Gasteiger charge is 2.19. The number of carbonyl (C=O) groups excluding carboxylic acids is 1. The summed E-state index contributed by atoms with van der Waals surface area (Å²) >= 11 is 0. The van der Waals surface area contributed by atoms with Gasteiger partial charge in [0.05, 0.1) is 30.0 Å². The Kier molecular flexibility index (Phi) is 10.1. The smallest absolute Gasteiger partial charge is 0.252 e. The first-order valence-corrected chi connectivity index (χ1v) is 9.01. The summed E-state index contributed by atoms with van der Waals surface area (Å²) in [5, 5.41) is 11.3. The van der Waals surface area contributed by atoms with E-state index in [1.807, 2.05) is 24.6 Å². The third-order valence-electron chi connectivity index (χ3n) is 4.14. The van der Waals surface area contributed by atoms with Gasteiger partial charge in [-0.15, -0.1) is 24.8 Å². The van der Waals surface area contributed by atoms with Crippen LogP contribution in [0.1, 0.15) is 30.2 Å². The maximum Gasteiger partial charge on any atom is 0.252 e. The number of nitrogens with zero attached hydrogens (tertiary/aromatic N) is 3. The van der Waals surface area contributed by atoms with Gasteiger partial charge in [0.1, 0.15) is 5.69 Å². The lowest BCUT2D eigenvalue weighted by Crippen LogP contribution is -2.33. The van der Waals surface area contributed by atoms with Gasteiger partial charge in [0.25, 0.3) is 5.91 Å². The second-order valence-electron chi connectivity index (χ2n) is 6.45. The molecule has 10 heteroatoms. The average Bonchev–Trinajstić information content (AvgIpc) is 3.33. The summed E-state index contributed by atoms with van der Waals surface area (Å²) in [5.74, 6) is 0.454. The fraction of sp³-hybridized carbons (Fsp3) is 0.421. The van der Waals surface area contributed by atoms with Crippen LogP contribution in [0.5, 0.6) is 0 Å². The molecule has 0 unspecified atom stereocenters. The molecule has 3 heterocycles. The van der Waals surface area contributed by atoms with Crippen LogP contribution in [-0.2, 0) is 4.74 Å². The molecule has 0 atom stereocenters. The van der Waals surface area contributed by atoms with Crippen molar-refractivity contribution in [2.24, 2.45) is 0 Å². The Bertz CT molecular complexity index is 897. The fourth-order valence-electron chi connectivity index (χ4n) is 2.79. The summed E-state index contributed by atoms with van der Waals surface area (Å²) in [6, 6.07) is 5.50. The number of hydrogen-bond donors (Lipinski definition) is 2. The number of methoxy groups -OCH3 is 1. The van der Waals surface area contributed by atoms with Gasteiger partial charge in [0.2, 0.25) is 0 Å². The van der Waals surface area contributed by atoms with E-state index < -0.39 is 0 Å². The molecule has 0 radical (unpaired) electrons. The number of ether oxygens (including phenoxy) is 1.